The van der Waals surface area contributed by atoms with Crippen LogP contribution in [0.2, 0.25) is 0 Å². The van der Waals surface area contributed by atoms with E-state index in [-0.39, 0.29) is 52.2 Å². The molecule has 6 atom stereocenters. The smallest absolute Gasteiger partial charge is 0.413 e. The van der Waals surface area contributed by atoms with E-state index in [0.717, 1.165) is 41.9 Å². The van der Waals surface area contributed by atoms with Crippen molar-refractivity contribution in [2.24, 2.45) is 5.16 Å². The summed E-state index contributed by atoms with van der Waals surface area (Å²) in [6, 6.07) is 5.65. The average Bonchev–Trinajstić information content (AvgIpc) is 3.96. The highest BCUT2D eigenvalue weighted by Gasteiger charge is 2.55. The maximum absolute atomic E-state index is 14.4. The Labute approximate surface area is 403 Å². The van der Waals surface area contributed by atoms with Crippen LogP contribution >= 0.6 is 32.6 Å². The van der Waals surface area contributed by atoms with Crippen LogP contribution in [-0.2, 0) is 40.0 Å². The van der Waals surface area contributed by atoms with Gasteiger partial charge in [-0.1, -0.05) is 5.16 Å². The largest absolute Gasteiger partial charge is 0.541 e. The van der Waals surface area contributed by atoms with E-state index in [0.29, 0.717) is 54.2 Å². The number of anilines is 1. The van der Waals surface area contributed by atoms with Crippen molar-refractivity contribution in [2.45, 2.75) is 76.2 Å². The van der Waals surface area contributed by atoms with Gasteiger partial charge in [0.1, 0.15) is 52.5 Å². The van der Waals surface area contributed by atoms with Crippen LogP contribution in [0.1, 0.15) is 62.3 Å². The monoisotopic (exact) mass is 995 g/mol. The number of fused-ring (bicyclic) bond motifs is 2. The number of allylic oxidation sites excluding steroid dienone is 1. The van der Waals surface area contributed by atoms with Gasteiger partial charge in [-0.3, -0.25) is 34.2 Å². The van der Waals surface area contributed by atoms with Gasteiger partial charge in [0.05, 0.1) is 68.3 Å². The van der Waals surface area contributed by atoms with Gasteiger partial charge < -0.3 is 47.5 Å². The lowest BCUT2D eigenvalue weighted by molar-refractivity contribution is -0.938. The van der Waals surface area contributed by atoms with Crippen LogP contribution in [0, 0.1) is 0 Å². The molecular formula is C43H53BN8O13PS2+. The van der Waals surface area contributed by atoms with Crippen LogP contribution < -0.4 is 30.1 Å². The number of quaternary nitrogens is 1. The topological polar surface area (TPSA) is 236 Å². The molecule has 7 rings (SSSR count). The molecule has 362 valence electrons. The molecule has 0 bridgehead atoms. The first-order valence-electron chi connectivity index (χ1n) is 21.6. The second kappa shape index (κ2) is 20.7. The van der Waals surface area contributed by atoms with Gasteiger partial charge in [0.15, 0.2) is 22.9 Å². The predicted octanol–water partition coefficient (Wildman–Crippen LogP) is 2.07. The van der Waals surface area contributed by atoms with Gasteiger partial charge >= 0.3 is 20.1 Å². The number of aromatic nitrogens is 2. The number of pyridine rings is 1. The van der Waals surface area contributed by atoms with Gasteiger partial charge in [-0.2, -0.15) is 0 Å². The third kappa shape index (κ3) is 10.5. The standard InChI is InChI=1S/C43H52BN8O13PS2/c1-23(40(58)63-44)64-48-34(28-22-68-41(45-28)47-42(59)62-43(2,3)4)36(55)46-35-38(57)51-30(20-53)25(21-67-39(35)51)19-52-12-7-8-26(52)17-49(11-13-52)37(56)29-15-31(54)33(65-66)18-50(29)16-24-9-10-27(60-5)14-32(24)61-6/h9-10,14-15,18,20,22-23,26,35,39H,7-8,11-13,16-17,19,21,44,66H2,1-6H3,(H-,45,46,47,55,59)/p+1/b48-34-/t23-,26-,35+,39+,52?/m0/s1. The highest BCUT2D eigenvalue weighted by atomic mass is 32.2. The molecule has 4 aliphatic rings. The van der Waals surface area contributed by atoms with Crippen molar-refractivity contribution >= 4 is 87.5 Å². The minimum Gasteiger partial charge on any atom is -0.541 e. The molecule has 3 saturated heterocycles. The predicted molar refractivity (Wildman–Crippen MR) is 255 cm³/mol. The Balaban J connectivity index is 1.05. The van der Waals surface area contributed by atoms with Crippen molar-refractivity contribution in [1.29, 1.82) is 0 Å². The normalized spacial score (nSPS) is 21.7. The minimum atomic E-state index is -1.20. The lowest BCUT2D eigenvalue weighted by Gasteiger charge is -2.51. The second-order valence-corrected chi connectivity index (χ2v) is 19.7. The Morgan fingerprint density at radius 1 is 1.12 bits per heavy atom. The Morgan fingerprint density at radius 3 is 2.59 bits per heavy atom. The van der Waals surface area contributed by atoms with Gasteiger partial charge in [0.2, 0.25) is 11.5 Å². The Kier molecular flexibility index (Phi) is 15.2. The summed E-state index contributed by atoms with van der Waals surface area (Å²) < 4.78 is 28.5. The average molecular weight is 996 g/mol. The number of aldehydes is 1. The zero-order chi connectivity index (χ0) is 49.1. The summed E-state index contributed by atoms with van der Waals surface area (Å²) in [5.74, 6) is -0.803. The summed E-state index contributed by atoms with van der Waals surface area (Å²) in [5.41, 5.74) is 0.367. The molecule has 4 amide bonds. The highest BCUT2D eigenvalue weighted by molar-refractivity contribution is 8.00. The number of carbonyl (C=O) groups excluding carboxylic acids is 6. The van der Waals surface area contributed by atoms with Crippen molar-refractivity contribution in [3.05, 3.63) is 74.3 Å². The fourth-order valence-corrected chi connectivity index (χ4v) is 11.0. The summed E-state index contributed by atoms with van der Waals surface area (Å²) >= 11 is 2.39. The van der Waals surface area contributed by atoms with Crippen LogP contribution in [0.15, 0.2) is 57.1 Å². The number of hydrogen-bond donors (Lipinski definition) is 2. The Hall–Kier alpha value is -5.97. The van der Waals surface area contributed by atoms with Crippen LogP contribution in [-0.4, -0.2) is 156 Å². The zero-order valence-electron chi connectivity index (χ0n) is 38.6. The number of hydrogen-bond acceptors (Lipinski definition) is 17. The highest BCUT2D eigenvalue weighted by Crippen LogP contribution is 2.42. The molecule has 3 fully saturated rings. The second-order valence-electron chi connectivity index (χ2n) is 17.5. The number of oxime groups is 1. The van der Waals surface area contributed by atoms with Crippen molar-refractivity contribution < 1.29 is 61.5 Å². The Morgan fingerprint density at radius 2 is 1.90 bits per heavy atom. The van der Waals surface area contributed by atoms with Crippen molar-refractivity contribution in [3.8, 4) is 17.2 Å². The summed E-state index contributed by atoms with van der Waals surface area (Å²) in [6.07, 6.45) is 1.96. The van der Waals surface area contributed by atoms with E-state index in [9.17, 15) is 33.6 Å². The number of methoxy groups -OCH3 is 2. The van der Waals surface area contributed by atoms with E-state index in [2.05, 4.69) is 30.2 Å². The maximum Gasteiger partial charge on any atom is 0.413 e. The summed E-state index contributed by atoms with van der Waals surface area (Å²) in [7, 11) is 6.34. The molecule has 6 heterocycles. The number of thioether (sulfide) groups is 1. The zero-order valence-corrected chi connectivity index (χ0v) is 41.4. The summed E-state index contributed by atoms with van der Waals surface area (Å²) in [6.45, 7) is 9.36. The van der Waals surface area contributed by atoms with Crippen LogP contribution in [0.3, 0.4) is 0 Å². The molecule has 21 nitrogen and oxygen atoms in total. The number of benzene rings is 1. The van der Waals surface area contributed by atoms with Gasteiger partial charge in [0, 0.05) is 47.2 Å². The van der Waals surface area contributed by atoms with Crippen LogP contribution in [0.5, 0.6) is 17.2 Å². The molecule has 3 aromatic rings. The van der Waals surface area contributed by atoms with Crippen LogP contribution in [0.25, 0.3) is 0 Å². The summed E-state index contributed by atoms with van der Waals surface area (Å²) in [5, 5.41) is 10.0. The maximum atomic E-state index is 14.4. The number of ether oxygens (including phenoxy) is 3. The van der Waals surface area contributed by atoms with E-state index >= 15 is 0 Å². The van der Waals surface area contributed by atoms with Gasteiger partial charge in [-0.25, -0.2) is 14.6 Å². The first-order chi connectivity index (χ1) is 32.4. The molecule has 2 N–H and O–H groups in total. The van der Waals surface area contributed by atoms with Gasteiger partial charge in [-0.15, -0.1) is 23.1 Å². The first kappa shape index (κ1) is 49.9. The third-order valence-corrected chi connectivity index (χ3v) is 14.5. The van der Waals surface area contributed by atoms with Crippen molar-refractivity contribution in [2.75, 3.05) is 58.0 Å². The molecule has 1 aromatic carbocycles. The van der Waals surface area contributed by atoms with E-state index in [4.69, 9.17) is 28.2 Å². The number of nitrogens with zero attached hydrogens (tertiary/aromatic N) is 6. The molecule has 68 heavy (non-hydrogen) atoms. The lowest BCUT2D eigenvalue weighted by Crippen LogP contribution is -2.71. The number of nitrogens with one attached hydrogen (secondary N) is 2. The Bertz CT molecular complexity index is 2620. The fourth-order valence-electron chi connectivity index (χ4n) is 8.77. The van der Waals surface area contributed by atoms with E-state index in [1.54, 1.807) is 56.6 Å². The van der Waals surface area contributed by atoms with E-state index in [1.165, 1.54) is 49.3 Å². The molecule has 0 spiro atoms. The number of β-lactam (4-membered cyclic amide) rings is 1. The molecule has 2 aromatic heterocycles. The number of thiazole rings is 1. The number of piperazine rings is 1. The quantitative estimate of drug-likeness (QED) is 0.0398. The molecule has 2 unspecified atom stereocenters. The first-order valence-corrected chi connectivity index (χ1v) is 24.0. The molecule has 25 heteroatoms. The lowest BCUT2D eigenvalue weighted by atomic mass is 10.0. The van der Waals surface area contributed by atoms with Crippen molar-refractivity contribution in [3.63, 3.8) is 0 Å². The molecule has 0 saturated carbocycles. The minimum absolute atomic E-state index is 0.0195. The third-order valence-electron chi connectivity index (χ3n) is 12.1. The number of carbonyl (C=O) groups is 6. The van der Waals surface area contributed by atoms with E-state index < -0.39 is 52.4 Å². The van der Waals surface area contributed by atoms with Crippen LogP contribution in [0.4, 0.5) is 9.93 Å². The van der Waals surface area contributed by atoms with Gasteiger partial charge in [0.25, 0.3) is 17.7 Å². The SMILES string of the molecule is BOC(=O)[C@H](C)O/N=C(\C(=O)N[C@@H]1C(=O)N2C(C=O)=C(C[N+]34CCC[C@H]3CN(C(=O)c3cc(=O)c(OP)cn3Cc3ccc(OC)cc3OC)CC4)CS[C@H]12)c1csc(NC(=O)OC(C)(C)C)n1. The summed E-state index contributed by atoms with van der Waals surface area (Å²) in [4.78, 5) is 105. The molecule has 0 aliphatic carbocycles. The molecule has 4 aliphatic heterocycles. The van der Waals surface area contributed by atoms with Gasteiger partial charge in [-0.05, 0) is 39.8 Å². The molecule has 0 radical (unpaired) electrons. The number of rotatable bonds is 16. The fraction of sp³-hybridized carbons (Fsp3) is 0.465. The number of amides is 4. The van der Waals surface area contributed by atoms with Crippen molar-refractivity contribution in [1.82, 2.24) is 24.7 Å². The van der Waals surface area contributed by atoms with E-state index in [1.807, 2.05) is 6.07 Å². The molecular weight excluding hydrogens is 942 g/mol.